The molecule has 0 heterocycles. The molecule has 0 unspecified atom stereocenters. The van der Waals surface area contributed by atoms with Crippen LogP contribution in [-0.4, -0.2) is 19.6 Å². The van der Waals surface area contributed by atoms with Crippen LogP contribution in [0.25, 0.3) is 0 Å². The van der Waals surface area contributed by atoms with E-state index in [0.717, 1.165) is 31.4 Å². The number of ether oxygens (including phenoxy) is 1. The Labute approximate surface area is 128 Å². The Kier molecular flexibility index (Phi) is 9.98. The summed E-state index contributed by atoms with van der Waals surface area (Å²) in [5.74, 6) is 1.10. The van der Waals surface area contributed by atoms with E-state index >= 15 is 0 Å². The van der Waals surface area contributed by atoms with Crippen molar-refractivity contribution in [2.45, 2.75) is 39.7 Å². The van der Waals surface area contributed by atoms with Gasteiger partial charge in [-0.3, -0.25) is 4.79 Å². The Hall–Kier alpha value is -1.81. The molecule has 0 atom stereocenters. The molecule has 0 aliphatic rings. The Morgan fingerprint density at radius 3 is 2.52 bits per heavy atom. The summed E-state index contributed by atoms with van der Waals surface area (Å²) >= 11 is 0. The van der Waals surface area contributed by atoms with Gasteiger partial charge >= 0.3 is 0 Å². The molecule has 0 saturated carbocycles. The number of hydrogen-bond donors (Lipinski definition) is 2. The summed E-state index contributed by atoms with van der Waals surface area (Å²) in [6, 6.07) is 6.41. The zero-order valence-corrected chi connectivity index (χ0v) is 13.6. The van der Waals surface area contributed by atoms with Crippen molar-refractivity contribution in [1.29, 1.82) is 0 Å². The van der Waals surface area contributed by atoms with E-state index in [0.29, 0.717) is 5.92 Å². The minimum atomic E-state index is -0.481. The molecule has 3 N–H and O–H groups in total. The van der Waals surface area contributed by atoms with Crippen molar-refractivity contribution in [1.82, 2.24) is 5.32 Å². The molecule has 21 heavy (non-hydrogen) atoms. The first kappa shape index (κ1) is 19.2. The monoisotopic (exact) mass is 292 g/mol. The van der Waals surface area contributed by atoms with Crippen LogP contribution in [0.4, 0.5) is 0 Å². The van der Waals surface area contributed by atoms with Gasteiger partial charge in [-0.1, -0.05) is 45.5 Å². The molecular weight excluding hydrogens is 264 g/mol. The maximum Gasteiger partial charge on any atom is 0.240 e. The SMILES string of the molecule is C=CC(N)=O.CCCOc1c(CNC)cccc1C(C)C. The van der Waals surface area contributed by atoms with Gasteiger partial charge < -0.3 is 15.8 Å². The third-order valence-corrected chi connectivity index (χ3v) is 2.77. The summed E-state index contributed by atoms with van der Waals surface area (Å²) < 4.78 is 5.89. The predicted octanol–water partition coefficient (Wildman–Crippen LogP) is 2.98. The molecular formula is C17H28N2O2. The number of amides is 1. The second-order valence-electron chi connectivity index (χ2n) is 4.98. The molecule has 0 aromatic heterocycles. The first-order valence-electron chi connectivity index (χ1n) is 7.28. The highest BCUT2D eigenvalue weighted by Gasteiger charge is 2.11. The highest BCUT2D eigenvalue weighted by Crippen LogP contribution is 2.30. The van der Waals surface area contributed by atoms with Crippen molar-refractivity contribution in [2.75, 3.05) is 13.7 Å². The van der Waals surface area contributed by atoms with Gasteiger partial charge in [0, 0.05) is 12.1 Å². The number of rotatable bonds is 7. The fourth-order valence-electron chi connectivity index (χ4n) is 1.77. The minimum absolute atomic E-state index is 0.481. The average molecular weight is 292 g/mol. The van der Waals surface area contributed by atoms with E-state index in [1.165, 1.54) is 11.1 Å². The highest BCUT2D eigenvalue weighted by atomic mass is 16.5. The van der Waals surface area contributed by atoms with Crippen molar-refractivity contribution in [2.24, 2.45) is 5.73 Å². The van der Waals surface area contributed by atoms with Crippen LogP contribution in [0, 0.1) is 0 Å². The summed E-state index contributed by atoms with van der Waals surface area (Å²) in [6.45, 7) is 11.3. The highest BCUT2D eigenvalue weighted by molar-refractivity contribution is 5.84. The molecule has 0 bridgehead atoms. The molecule has 0 aliphatic carbocycles. The van der Waals surface area contributed by atoms with Crippen LogP contribution in [-0.2, 0) is 11.3 Å². The Morgan fingerprint density at radius 2 is 2.10 bits per heavy atom. The first-order chi connectivity index (χ1) is 9.97. The molecule has 0 fully saturated rings. The van der Waals surface area contributed by atoms with Gasteiger partial charge in [-0.05, 0) is 31.0 Å². The van der Waals surface area contributed by atoms with Gasteiger partial charge in [0.1, 0.15) is 5.75 Å². The molecule has 1 aromatic carbocycles. The van der Waals surface area contributed by atoms with E-state index in [9.17, 15) is 4.79 Å². The van der Waals surface area contributed by atoms with Gasteiger partial charge in [-0.2, -0.15) is 0 Å². The summed E-state index contributed by atoms with van der Waals surface area (Å²) in [6.07, 6.45) is 2.10. The summed E-state index contributed by atoms with van der Waals surface area (Å²) in [5.41, 5.74) is 7.09. The van der Waals surface area contributed by atoms with Gasteiger partial charge in [-0.25, -0.2) is 0 Å². The summed E-state index contributed by atoms with van der Waals surface area (Å²) in [4.78, 5) is 9.47. The lowest BCUT2D eigenvalue weighted by atomic mass is 9.99. The number of nitrogens with one attached hydrogen (secondary N) is 1. The molecule has 0 radical (unpaired) electrons. The van der Waals surface area contributed by atoms with Crippen LogP contribution in [0.15, 0.2) is 30.9 Å². The zero-order chi connectivity index (χ0) is 16.3. The van der Waals surface area contributed by atoms with Crippen molar-refractivity contribution in [3.05, 3.63) is 42.0 Å². The number of para-hydroxylation sites is 1. The largest absolute Gasteiger partial charge is 0.493 e. The summed E-state index contributed by atoms with van der Waals surface area (Å²) in [5, 5.41) is 3.19. The smallest absolute Gasteiger partial charge is 0.240 e. The number of nitrogens with two attached hydrogens (primary N) is 1. The van der Waals surface area contributed by atoms with E-state index in [4.69, 9.17) is 4.74 Å². The molecule has 1 amide bonds. The van der Waals surface area contributed by atoms with Crippen LogP contribution in [0.2, 0.25) is 0 Å². The normalized spacial score (nSPS) is 9.76. The zero-order valence-electron chi connectivity index (χ0n) is 13.6. The number of carbonyl (C=O) groups excluding carboxylic acids is 1. The van der Waals surface area contributed by atoms with Gasteiger partial charge in [0.2, 0.25) is 5.91 Å². The van der Waals surface area contributed by atoms with E-state index in [2.05, 4.69) is 56.6 Å². The molecule has 1 rings (SSSR count). The van der Waals surface area contributed by atoms with Gasteiger partial charge in [0.15, 0.2) is 0 Å². The lowest BCUT2D eigenvalue weighted by Gasteiger charge is -2.17. The van der Waals surface area contributed by atoms with Crippen LogP contribution in [0.5, 0.6) is 5.75 Å². The quantitative estimate of drug-likeness (QED) is 0.759. The fourth-order valence-corrected chi connectivity index (χ4v) is 1.77. The topological polar surface area (TPSA) is 64.4 Å². The minimum Gasteiger partial charge on any atom is -0.493 e. The van der Waals surface area contributed by atoms with Crippen LogP contribution < -0.4 is 15.8 Å². The van der Waals surface area contributed by atoms with Crippen molar-refractivity contribution >= 4 is 5.91 Å². The second-order valence-corrected chi connectivity index (χ2v) is 4.98. The molecule has 0 saturated heterocycles. The Balaban J connectivity index is 0.000000690. The number of primary amides is 1. The standard InChI is InChI=1S/C14H23NO.C3H5NO/c1-5-9-16-14-12(10-15-4)7-6-8-13(14)11(2)3;1-2-3(4)5/h6-8,11,15H,5,9-10H2,1-4H3;2H,1H2,(H2,4,5). The third kappa shape index (κ3) is 7.51. The first-order valence-corrected chi connectivity index (χ1v) is 7.28. The lowest BCUT2D eigenvalue weighted by Crippen LogP contribution is -2.10. The van der Waals surface area contributed by atoms with Crippen LogP contribution in [0.1, 0.15) is 44.2 Å². The molecule has 1 aromatic rings. The van der Waals surface area contributed by atoms with E-state index in [1.807, 2.05) is 7.05 Å². The van der Waals surface area contributed by atoms with Crippen LogP contribution in [0.3, 0.4) is 0 Å². The number of benzene rings is 1. The third-order valence-electron chi connectivity index (χ3n) is 2.77. The van der Waals surface area contributed by atoms with Gasteiger partial charge in [-0.15, -0.1) is 0 Å². The van der Waals surface area contributed by atoms with Crippen molar-refractivity contribution in [3.8, 4) is 5.75 Å². The maximum absolute atomic E-state index is 9.47. The lowest BCUT2D eigenvalue weighted by molar-refractivity contribution is -0.113. The Bertz CT molecular complexity index is 442. The molecule has 4 heteroatoms. The van der Waals surface area contributed by atoms with Gasteiger partial charge in [0.25, 0.3) is 0 Å². The second kappa shape index (κ2) is 10.9. The van der Waals surface area contributed by atoms with E-state index in [1.54, 1.807) is 0 Å². The van der Waals surface area contributed by atoms with E-state index < -0.39 is 5.91 Å². The number of carbonyl (C=O) groups is 1. The van der Waals surface area contributed by atoms with Crippen LogP contribution >= 0.6 is 0 Å². The van der Waals surface area contributed by atoms with E-state index in [-0.39, 0.29) is 0 Å². The Morgan fingerprint density at radius 1 is 1.48 bits per heavy atom. The fraction of sp³-hybridized carbons (Fsp3) is 0.471. The molecule has 118 valence electrons. The number of hydrogen-bond acceptors (Lipinski definition) is 3. The maximum atomic E-state index is 9.47. The summed E-state index contributed by atoms with van der Waals surface area (Å²) in [7, 11) is 1.96. The molecule has 0 aliphatic heterocycles. The van der Waals surface area contributed by atoms with Gasteiger partial charge in [0.05, 0.1) is 6.61 Å². The predicted molar refractivity (Wildman–Crippen MR) is 88.5 cm³/mol. The molecule has 0 spiro atoms. The van der Waals surface area contributed by atoms with Crippen molar-refractivity contribution < 1.29 is 9.53 Å². The molecule has 4 nitrogen and oxygen atoms in total. The average Bonchev–Trinajstić information content (AvgIpc) is 2.46. The van der Waals surface area contributed by atoms with Crippen molar-refractivity contribution in [3.63, 3.8) is 0 Å².